The molecule has 0 amide bonds. The summed E-state index contributed by atoms with van der Waals surface area (Å²) in [5.74, 6) is -0.00112. The van der Waals surface area contributed by atoms with Gasteiger partial charge in [-0.2, -0.15) is 0 Å². The van der Waals surface area contributed by atoms with Crippen molar-refractivity contribution in [2.24, 2.45) is 5.92 Å². The molecule has 3 nitrogen and oxygen atoms in total. The van der Waals surface area contributed by atoms with Crippen LogP contribution in [0.4, 0.5) is 0 Å². The second kappa shape index (κ2) is 4.30. The molecule has 0 aromatic carbocycles. The van der Waals surface area contributed by atoms with E-state index in [1.807, 2.05) is 0 Å². The molecule has 0 aromatic rings. The highest BCUT2D eigenvalue weighted by molar-refractivity contribution is 5.66. The SMILES string of the molecule is O=C(O)CCC1CCN(C2CCC2)C1. The maximum atomic E-state index is 10.4. The third-order valence-electron chi connectivity index (χ3n) is 3.67. The molecule has 1 aliphatic heterocycles. The summed E-state index contributed by atoms with van der Waals surface area (Å²) in [6.07, 6.45) is 6.56. The molecule has 1 aliphatic carbocycles. The normalized spacial score (nSPS) is 29.0. The number of hydrogen-bond acceptors (Lipinski definition) is 2. The largest absolute Gasteiger partial charge is 0.481 e. The molecule has 1 heterocycles. The van der Waals surface area contributed by atoms with Crippen LogP contribution in [0.25, 0.3) is 0 Å². The van der Waals surface area contributed by atoms with Crippen molar-refractivity contribution < 1.29 is 9.90 Å². The first-order valence-electron chi connectivity index (χ1n) is 5.71. The second-order valence-electron chi connectivity index (χ2n) is 4.67. The predicted octanol–water partition coefficient (Wildman–Crippen LogP) is 1.73. The van der Waals surface area contributed by atoms with E-state index in [0.717, 1.165) is 19.0 Å². The Kier molecular flexibility index (Phi) is 3.06. The number of carboxylic acid groups (broad SMARTS) is 1. The van der Waals surface area contributed by atoms with Crippen LogP contribution in [0.5, 0.6) is 0 Å². The molecule has 0 radical (unpaired) electrons. The summed E-state index contributed by atoms with van der Waals surface area (Å²) in [6, 6.07) is 0.838. The van der Waals surface area contributed by atoms with E-state index in [4.69, 9.17) is 5.11 Å². The minimum Gasteiger partial charge on any atom is -0.481 e. The Hall–Kier alpha value is -0.570. The maximum Gasteiger partial charge on any atom is 0.303 e. The van der Waals surface area contributed by atoms with Crippen LogP contribution in [0.15, 0.2) is 0 Å². The molecule has 0 bridgehead atoms. The van der Waals surface area contributed by atoms with E-state index >= 15 is 0 Å². The first kappa shape index (κ1) is 9.97. The monoisotopic (exact) mass is 197 g/mol. The van der Waals surface area contributed by atoms with Crippen molar-refractivity contribution in [2.45, 2.75) is 44.6 Å². The van der Waals surface area contributed by atoms with Gasteiger partial charge in [0.05, 0.1) is 0 Å². The fourth-order valence-corrected chi connectivity index (χ4v) is 2.51. The Morgan fingerprint density at radius 2 is 2.14 bits per heavy atom. The number of likely N-dealkylation sites (tertiary alicyclic amines) is 1. The zero-order valence-corrected chi connectivity index (χ0v) is 8.61. The first-order valence-corrected chi connectivity index (χ1v) is 5.71. The topological polar surface area (TPSA) is 40.5 Å². The van der Waals surface area contributed by atoms with Gasteiger partial charge in [0.2, 0.25) is 0 Å². The molecule has 1 unspecified atom stereocenters. The Balaban J connectivity index is 1.68. The number of hydrogen-bond donors (Lipinski definition) is 1. The highest BCUT2D eigenvalue weighted by atomic mass is 16.4. The molecule has 2 aliphatic rings. The molecule has 1 saturated carbocycles. The van der Waals surface area contributed by atoms with E-state index < -0.39 is 5.97 Å². The molecule has 1 saturated heterocycles. The van der Waals surface area contributed by atoms with Crippen molar-refractivity contribution in [3.05, 3.63) is 0 Å². The van der Waals surface area contributed by atoms with E-state index in [-0.39, 0.29) is 0 Å². The van der Waals surface area contributed by atoms with Crippen molar-refractivity contribution in [2.75, 3.05) is 13.1 Å². The lowest BCUT2D eigenvalue weighted by molar-refractivity contribution is -0.137. The third kappa shape index (κ3) is 2.27. The van der Waals surface area contributed by atoms with Crippen LogP contribution >= 0.6 is 0 Å². The van der Waals surface area contributed by atoms with Crippen molar-refractivity contribution in [1.29, 1.82) is 0 Å². The minimum atomic E-state index is -0.646. The van der Waals surface area contributed by atoms with Crippen LogP contribution in [0.1, 0.15) is 38.5 Å². The molecule has 0 spiro atoms. The molecule has 14 heavy (non-hydrogen) atoms. The number of carbonyl (C=O) groups is 1. The van der Waals surface area contributed by atoms with Gasteiger partial charge in [-0.3, -0.25) is 4.79 Å². The number of aliphatic carboxylic acids is 1. The summed E-state index contributed by atoms with van der Waals surface area (Å²) in [5, 5.41) is 8.59. The zero-order valence-electron chi connectivity index (χ0n) is 8.61. The van der Waals surface area contributed by atoms with E-state index in [2.05, 4.69) is 4.90 Å². The number of rotatable bonds is 4. The van der Waals surface area contributed by atoms with E-state index in [1.54, 1.807) is 0 Å². The van der Waals surface area contributed by atoms with Gasteiger partial charge in [-0.25, -0.2) is 0 Å². The summed E-state index contributed by atoms with van der Waals surface area (Å²) in [4.78, 5) is 13.0. The third-order valence-corrected chi connectivity index (χ3v) is 3.67. The van der Waals surface area contributed by atoms with Gasteiger partial charge in [-0.15, -0.1) is 0 Å². The fourth-order valence-electron chi connectivity index (χ4n) is 2.51. The van der Waals surface area contributed by atoms with Crippen LogP contribution in [-0.4, -0.2) is 35.1 Å². The van der Waals surface area contributed by atoms with Crippen molar-refractivity contribution in [3.63, 3.8) is 0 Å². The molecule has 2 fully saturated rings. The highest BCUT2D eigenvalue weighted by Gasteiger charge is 2.31. The molecule has 2 rings (SSSR count). The predicted molar refractivity (Wildman–Crippen MR) is 54.2 cm³/mol. The Morgan fingerprint density at radius 3 is 2.71 bits per heavy atom. The summed E-state index contributed by atoms with van der Waals surface area (Å²) in [6.45, 7) is 2.35. The van der Waals surface area contributed by atoms with Gasteiger partial charge in [-0.05, 0) is 38.1 Å². The lowest BCUT2D eigenvalue weighted by Crippen LogP contribution is -2.38. The number of nitrogens with zero attached hydrogens (tertiary/aromatic N) is 1. The van der Waals surface area contributed by atoms with E-state index in [9.17, 15) is 4.79 Å². The van der Waals surface area contributed by atoms with Gasteiger partial charge in [0.25, 0.3) is 0 Å². The lowest BCUT2D eigenvalue weighted by Gasteiger charge is -2.34. The molecular formula is C11H19NO2. The van der Waals surface area contributed by atoms with Crippen LogP contribution in [0, 0.1) is 5.92 Å². The quantitative estimate of drug-likeness (QED) is 0.746. The van der Waals surface area contributed by atoms with Gasteiger partial charge in [0.15, 0.2) is 0 Å². The molecule has 1 atom stereocenters. The zero-order chi connectivity index (χ0) is 9.97. The highest BCUT2D eigenvalue weighted by Crippen LogP contribution is 2.31. The fraction of sp³-hybridized carbons (Fsp3) is 0.909. The van der Waals surface area contributed by atoms with Crippen LogP contribution in [-0.2, 0) is 4.79 Å². The molecule has 0 aromatic heterocycles. The van der Waals surface area contributed by atoms with Gasteiger partial charge in [0.1, 0.15) is 0 Å². The molecule has 3 heteroatoms. The summed E-state index contributed by atoms with van der Waals surface area (Å²) in [7, 11) is 0. The first-order chi connectivity index (χ1) is 6.75. The molecule has 80 valence electrons. The Labute approximate surface area is 85.1 Å². The van der Waals surface area contributed by atoms with Crippen LogP contribution in [0.3, 0.4) is 0 Å². The lowest BCUT2D eigenvalue weighted by atomic mass is 9.92. The summed E-state index contributed by atoms with van der Waals surface area (Å²) >= 11 is 0. The van der Waals surface area contributed by atoms with Gasteiger partial charge >= 0.3 is 5.97 Å². The summed E-state index contributed by atoms with van der Waals surface area (Å²) in [5.41, 5.74) is 0. The average molecular weight is 197 g/mol. The smallest absolute Gasteiger partial charge is 0.303 e. The van der Waals surface area contributed by atoms with Crippen molar-refractivity contribution in [1.82, 2.24) is 4.90 Å². The van der Waals surface area contributed by atoms with Gasteiger partial charge in [-0.1, -0.05) is 6.42 Å². The van der Waals surface area contributed by atoms with Crippen LogP contribution in [0.2, 0.25) is 0 Å². The van der Waals surface area contributed by atoms with E-state index in [0.29, 0.717) is 12.3 Å². The average Bonchev–Trinajstić information content (AvgIpc) is 2.46. The molecule has 1 N–H and O–H groups in total. The number of carboxylic acids is 1. The van der Waals surface area contributed by atoms with E-state index in [1.165, 1.54) is 32.2 Å². The van der Waals surface area contributed by atoms with Crippen molar-refractivity contribution >= 4 is 5.97 Å². The second-order valence-corrected chi connectivity index (χ2v) is 4.67. The van der Waals surface area contributed by atoms with Gasteiger partial charge < -0.3 is 10.0 Å². The maximum absolute atomic E-state index is 10.4. The Bertz CT molecular complexity index is 213. The standard InChI is InChI=1S/C11H19NO2/c13-11(14)5-4-9-6-7-12(8-9)10-2-1-3-10/h9-10H,1-8H2,(H,13,14). The van der Waals surface area contributed by atoms with Gasteiger partial charge in [0, 0.05) is 19.0 Å². The van der Waals surface area contributed by atoms with Crippen LogP contribution < -0.4 is 0 Å². The van der Waals surface area contributed by atoms with Crippen molar-refractivity contribution in [3.8, 4) is 0 Å². The Morgan fingerprint density at radius 1 is 1.36 bits per heavy atom. The minimum absolute atomic E-state index is 0.350. The molecular weight excluding hydrogens is 178 g/mol. The summed E-state index contributed by atoms with van der Waals surface area (Å²) < 4.78 is 0.